The quantitative estimate of drug-likeness (QED) is 0.337. The Labute approximate surface area is 170 Å². The van der Waals surface area contributed by atoms with E-state index in [-0.39, 0.29) is 24.0 Å². The summed E-state index contributed by atoms with van der Waals surface area (Å²) in [6.45, 7) is 3.35. The largest absolute Gasteiger partial charge is 0.497 e. The lowest BCUT2D eigenvalue weighted by atomic mass is 10.1. The zero-order chi connectivity index (χ0) is 17.6. The van der Waals surface area contributed by atoms with Crippen LogP contribution in [0.3, 0.4) is 0 Å². The normalized spacial score (nSPS) is 11.1. The van der Waals surface area contributed by atoms with Gasteiger partial charge in [-0.05, 0) is 30.7 Å². The molecule has 138 valence electrons. The summed E-state index contributed by atoms with van der Waals surface area (Å²) in [7, 11) is 3.42. The molecule has 5 nitrogen and oxygen atoms in total. The first-order valence-electron chi connectivity index (χ1n) is 8.25. The van der Waals surface area contributed by atoms with Gasteiger partial charge >= 0.3 is 0 Å². The lowest BCUT2D eigenvalue weighted by Gasteiger charge is -2.11. The lowest BCUT2D eigenvalue weighted by Crippen LogP contribution is -2.36. The van der Waals surface area contributed by atoms with E-state index in [0.717, 1.165) is 39.6 Å². The van der Waals surface area contributed by atoms with E-state index in [1.165, 1.54) is 0 Å². The number of rotatable bonds is 5. The molecule has 2 N–H and O–H groups in total. The number of aliphatic imine (C=N–C) groups is 1. The molecule has 3 rings (SSSR count). The number of fused-ring (bicyclic) bond motifs is 1. The maximum atomic E-state index is 5.92. The van der Waals surface area contributed by atoms with Gasteiger partial charge in [-0.1, -0.05) is 30.3 Å². The maximum absolute atomic E-state index is 5.92. The van der Waals surface area contributed by atoms with Gasteiger partial charge in [0, 0.05) is 24.5 Å². The molecule has 0 saturated heterocycles. The van der Waals surface area contributed by atoms with Crippen molar-refractivity contribution in [2.45, 2.75) is 20.0 Å². The second-order valence-corrected chi connectivity index (χ2v) is 5.77. The summed E-state index contributed by atoms with van der Waals surface area (Å²) < 4.78 is 11.1. The molecule has 26 heavy (non-hydrogen) atoms. The molecule has 0 aliphatic rings. The molecular weight excluding hydrogens is 441 g/mol. The van der Waals surface area contributed by atoms with E-state index >= 15 is 0 Å². The van der Waals surface area contributed by atoms with E-state index in [1.54, 1.807) is 14.2 Å². The molecule has 0 saturated carbocycles. The van der Waals surface area contributed by atoms with Crippen molar-refractivity contribution in [1.82, 2.24) is 10.6 Å². The van der Waals surface area contributed by atoms with Gasteiger partial charge in [0.25, 0.3) is 0 Å². The van der Waals surface area contributed by atoms with Gasteiger partial charge in [0.1, 0.15) is 17.1 Å². The van der Waals surface area contributed by atoms with Gasteiger partial charge in [0.05, 0.1) is 13.7 Å². The number of hydrogen-bond donors (Lipinski definition) is 2. The Hall–Kier alpha value is -2.22. The van der Waals surface area contributed by atoms with Crippen molar-refractivity contribution in [2.75, 3.05) is 14.2 Å². The van der Waals surface area contributed by atoms with E-state index < -0.39 is 0 Å². The molecule has 0 fully saturated rings. The molecule has 0 spiro atoms. The monoisotopic (exact) mass is 465 g/mol. The van der Waals surface area contributed by atoms with Crippen molar-refractivity contribution >= 4 is 40.9 Å². The molecule has 6 heteroatoms. The van der Waals surface area contributed by atoms with E-state index in [4.69, 9.17) is 9.15 Å². The van der Waals surface area contributed by atoms with Crippen molar-refractivity contribution in [3.05, 3.63) is 65.4 Å². The number of ether oxygens (including phenoxy) is 1. The summed E-state index contributed by atoms with van der Waals surface area (Å²) in [5.41, 5.74) is 3.23. The zero-order valence-electron chi connectivity index (χ0n) is 15.2. The van der Waals surface area contributed by atoms with Crippen molar-refractivity contribution in [2.24, 2.45) is 4.99 Å². The molecule has 0 bridgehead atoms. The van der Waals surface area contributed by atoms with Crippen LogP contribution in [0.15, 0.2) is 57.9 Å². The molecule has 2 aromatic carbocycles. The third kappa shape index (κ3) is 4.69. The number of methoxy groups -OCH3 is 1. The number of aryl methyl sites for hydroxylation is 1. The van der Waals surface area contributed by atoms with Crippen LogP contribution in [-0.4, -0.2) is 20.1 Å². The third-order valence-corrected chi connectivity index (χ3v) is 4.20. The number of para-hydroxylation sites is 1. The Morgan fingerprint density at radius 1 is 1.04 bits per heavy atom. The molecule has 0 unspecified atom stereocenters. The zero-order valence-corrected chi connectivity index (χ0v) is 17.5. The molecular formula is C20H24IN3O2. The Balaban J connectivity index is 0.00000243. The standard InChI is InChI=1S/C20H23N3O2.HI/c1-14-17-6-4-5-7-18(17)25-19(14)13-23-20(21-2)22-12-15-8-10-16(24-3)11-9-15;/h4-11H,12-13H2,1-3H3,(H2,21,22,23);1H. The lowest BCUT2D eigenvalue weighted by molar-refractivity contribution is 0.414. The number of furan rings is 1. The highest BCUT2D eigenvalue weighted by atomic mass is 127. The van der Waals surface area contributed by atoms with Crippen molar-refractivity contribution in [1.29, 1.82) is 0 Å². The Bertz CT molecular complexity index is 872. The average Bonchev–Trinajstić information content (AvgIpc) is 2.98. The van der Waals surface area contributed by atoms with E-state index in [2.05, 4.69) is 28.6 Å². The van der Waals surface area contributed by atoms with E-state index in [0.29, 0.717) is 13.1 Å². The summed E-state index contributed by atoms with van der Waals surface area (Å²) in [6, 6.07) is 16.0. The maximum Gasteiger partial charge on any atom is 0.191 e. The Morgan fingerprint density at radius 2 is 1.73 bits per heavy atom. The minimum atomic E-state index is 0. The van der Waals surface area contributed by atoms with Crippen LogP contribution in [0.25, 0.3) is 11.0 Å². The van der Waals surface area contributed by atoms with Gasteiger partial charge < -0.3 is 19.8 Å². The summed E-state index contributed by atoms with van der Waals surface area (Å²) >= 11 is 0. The number of nitrogens with zero attached hydrogens (tertiary/aromatic N) is 1. The fourth-order valence-electron chi connectivity index (χ4n) is 2.71. The first kappa shape index (κ1) is 20.1. The van der Waals surface area contributed by atoms with Crippen LogP contribution in [0, 0.1) is 6.92 Å². The summed E-state index contributed by atoms with van der Waals surface area (Å²) in [5, 5.41) is 7.76. The Kier molecular flexibility index (Phi) is 7.32. The third-order valence-electron chi connectivity index (χ3n) is 4.20. The SMILES string of the molecule is CN=C(NCc1ccc(OC)cc1)NCc1oc2ccccc2c1C.I. The molecule has 0 aliphatic heterocycles. The first-order chi connectivity index (χ1) is 12.2. The second-order valence-electron chi connectivity index (χ2n) is 5.77. The number of benzene rings is 2. The molecule has 0 amide bonds. The highest BCUT2D eigenvalue weighted by molar-refractivity contribution is 14.0. The number of guanidine groups is 1. The molecule has 3 aromatic rings. The van der Waals surface area contributed by atoms with Crippen LogP contribution in [0.2, 0.25) is 0 Å². The fraction of sp³-hybridized carbons (Fsp3) is 0.250. The second kappa shape index (κ2) is 9.47. The van der Waals surface area contributed by atoms with Gasteiger partial charge in [-0.2, -0.15) is 0 Å². The fourth-order valence-corrected chi connectivity index (χ4v) is 2.71. The van der Waals surface area contributed by atoms with Gasteiger partial charge in [0.15, 0.2) is 5.96 Å². The number of hydrogen-bond acceptors (Lipinski definition) is 3. The van der Waals surface area contributed by atoms with Gasteiger partial charge in [-0.3, -0.25) is 4.99 Å². The topological polar surface area (TPSA) is 58.8 Å². The summed E-state index contributed by atoms with van der Waals surface area (Å²) in [4.78, 5) is 4.26. The molecule has 0 atom stereocenters. The van der Waals surface area contributed by atoms with Gasteiger partial charge in [-0.15, -0.1) is 24.0 Å². The van der Waals surface area contributed by atoms with Crippen LogP contribution >= 0.6 is 24.0 Å². The predicted molar refractivity (Wildman–Crippen MR) is 116 cm³/mol. The smallest absolute Gasteiger partial charge is 0.191 e. The van der Waals surface area contributed by atoms with Gasteiger partial charge in [0.2, 0.25) is 0 Å². The van der Waals surface area contributed by atoms with E-state index in [9.17, 15) is 0 Å². The average molecular weight is 465 g/mol. The van der Waals surface area contributed by atoms with Crippen LogP contribution in [0.4, 0.5) is 0 Å². The summed E-state index contributed by atoms with van der Waals surface area (Å²) in [6.07, 6.45) is 0. The minimum absolute atomic E-state index is 0. The predicted octanol–water partition coefficient (Wildman–Crippen LogP) is 4.23. The number of halogens is 1. The molecule has 1 heterocycles. The van der Waals surface area contributed by atoms with Crippen LogP contribution in [-0.2, 0) is 13.1 Å². The summed E-state index contributed by atoms with van der Waals surface area (Å²) in [5.74, 6) is 2.51. The highest BCUT2D eigenvalue weighted by Crippen LogP contribution is 2.24. The number of nitrogens with one attached hydrogen (secondary N) is 2. The molecule has 1 aromatic heterocycles. The van der Waals surface area contributed by atoms with Gasteiger partial charge in [-0.25, -0.2) is 0 Å². The molecule has 0 aliphatic carbocycles. The van der Waals surface area contributed by atoms with Crippen molar-refractivity contribution in [3.63, 3.8) is 0 Å². The Morgan fingerprint density at radius 3 is 2.38 bits per heavy atom. The van der Waals surface area contributed by atoms with Crippen molar-refractivity contribution in [3.8, 4) is 5.75 Å². The van der Waals surface area contributed by atoms with Crippen LogP contribution < -0.4 is 15.4 Å². The highest BCUT2D eigenvalue weighted by Gasteiger charge is 2.10. The van der Waals surface area contributed by atoms with Crippen molar-refractivity contribution < 1.29 is 9.15 Å². The molecule has 0 radical (unpaired) electrons. The van der Waals surface area contributed by atoms with E-state index in [1.807, 2.05) is 42.5 Å². The van der Waals surface area contributed by atoms with Crippen LogP contribution in [0.1, 0.15) is 16.9 Å². The first-order valence-corrected chi connectivity index (χ1v) is 8.25. The van der Waals surface area contributed by atoms with Crippen LogP contribution in [0.5, 0.6) is 5.75 Å². The minimum Gasteiger partial charge on any atom is -0.497 e.